The lowest BCUT2D eigenvalue weighted by Crippen LogP contribution is -2.41. The fourth-order valence-corrected chi connectivity index (χ4v) is 3.14. The van der Waals surface area contributed by atoms with Gasteiger partial charge >= 0.3 is 0 Å². The lowest BCUT2D eigenvalue weighted by molar-refractivity contribution is -0.127. The van der Waals surface area contributed by atoms with Crippen LogP contribution in [0.2, 0.25) is 0 Å². The monoisotopic (exact) mass is 402 g/mol. The first-order chi connectivity index (χ1) is 13.3. The van der Waals surface area contributed by atoms with Crippen LogP contribution in [-0.2, 0) is 23.9 Å². The second kappa shape index (κ2) is 13.7. The van der Waals surface area contributed by atoms with Crippen molar-refractivity contribution in [2.75, 3.05) is 26.4 Å². The van der Waals surface area contributed by atoms with Crippen LogP contribution in [0.15, 0.2) is 0 Å². The van der Waals surface area contributed by atoms with Gasteiger partial charge in [0.05, 0.1) is 25.9 Å². The molecule has 1 fully saturated rings. The molecule has 2 N–H and O–H groups in total. The summed E-state index contributed by atoms with van der Waals surface area (Å²) in [6.07, 6.45) is 4.14. The molecule has 0 aromatic heterocycles. The maximum Gasteiger partial charge on any atom is 0.223 e. The van der Waals surface area contributed by atoms with Crippen molar-refractivity contribution >= 4 is 17.6 Å². The van der Waals surface area contributed by atoms with E-state index in [1.54, 1.807) is 0 Å². The van der Waals surface area contributed by atoms with E-state index in [0.29, 0.717) is 39.2 Å². The van der Waals surface area contributed by atoms with E-state index in [0.717, 1.165) is 25.7 Å². The molecule has 7 heteroatoms. The number of nitrogens with one attached hydrogen (secondary N) is 2. The van der Waals surface area contributed by atoms with Crippen LogP contribution in [0.1, 0.15) is 69.1 Å². The average molecular weight is 403 g/mol. The van der Waals surface area contributed by atoms with E-state index in [-0.39, 0.29) is 44.4 Å². The maximum atomic E-state index is 12.2. The van der Waals surface area contributed by atoms with Gasteiger partial charge in [0.1, 0.15) is 5.78 Å². The molecule has 0 spiro atoms. The van der Waals surface area contributed by atoms with Gasteiger partial charge in [-0.15, -0.1) is 0 Å². The molecule has 1 saturated carbocycles. The van der Waals surface area contributed by atoms with Crippen LogP contribution in [0.4, 0.5) is 0 Å². The van der Waals surface area contributed by atoms with E-state index in [9.17, 15) is 14.4 Å². The smallest absolute Gasteiger partial charge is 0.223 e. The Morgan fingerprint density at radius 3 is 2.25 bits per heavy atom. The van der Waals surface area contributed by atoms with Crippen LogP contribution in [0.25, 0.3) is 0 Å². The number of ether oxygens (including phenoxy) is 2. The predicted molar refractivity (Wildman–Crippen MR) is 112 cm³/mol. The largest absolute Gasteiger partial charge is 0.379 e. The quantitative estimate of drug-likeness (QED) is 0.462. The fourth-order valence-electron chi connectivity index (χ4n) is 3.14. The van der Waals surface area contributed by atoms with E-state index in [1.165, 1.54) is 0 Å². The second-order valence-corrected chi connectivity index (χ2v) is 8.06. The Kier molecular flexibility index (Phi) is 12.0. The zero-order chi connectivity index (χ0) is 20.9. The van der Waals surface area contributed by atoms with E-state index in [4.69, 9.17) is 9.47 Å². The van der Waals surface area contributed by atoms with Crippen LogP contribution in [0, 0.1) is 11.8 Å². The molecule has 7 nitrogen and oxygen atoms in total. The first-order valence-corrected chi connectivity index (χ1v) is 10.6. The standard InChI is InChI=1S/C21H38N2O5.2H2/c1-15(2)19(24)9-12-27-14-11-22-21(26)17-5-7-18(8-6-17)23-20(25)10-13-28-16(3)4;;/h15-18H,5-14H2,1-4H3,(H,22,26)(H,23,25);2*1H. The molecular formula is C21H42N2O5. The lowest BCUT2D eigenvalue weighted by Gasteiger charge is -2.28. The highest BCUT2D eigenvalue weighted by Gasteiger charge is 2.26. The van der Waals surface area contributed by atoms with Gasteiger partial charge in [0.15, 0.2) is 0 Å². The Balaban J connectivity index is 0. The molecule has 0 radical (unpaired) electrons. The lowest BCUT2D eigenvalue weighted by atomic mass is 9.85. The molecular weight excluding hydrogens is 360 g/mol. The predicted octanol–water partition coefficient (Wildman–Crippen LogP) is 2.72. The van der Waals surface area contributed by atoms with Gasteiger partial charge in [-0.05, 0) is 39.5 Å². The number of carbonyl (C=O) groups is 3. The van der Waals surface area contributed by atoms with Crippen molar-refractivity contribution in [1.82, 2.24) is 10.6 Å². The van der Waals surface area contributed by atoms with Crippen molar-refractivity contribution in [3.63, 3.8) is 0 Å². The van der Waals surface area contributed by atoms with Gasteiger partial charge in [-0.1, -0.05) is 13.8 Å². The Hall–Kier alpha value is -1.47. The first kappa shape index (κ1) is 24.6. The van der Waals surface area contributed by atoms with E-state index < -0.39 is 0 Å². The highest BCUT2D eigenvalue weighted by Crippen LogP contribution is 2.24. The van der Waals surface area contributed by atoms with Gasteiger partial charge in [0.2, 0.25) is 11.8 Å². The number of hydrogen-bond donors (Lipinski definition) is 2. The normalized spacial score (nSPS) is 19.6. The summed E-state index contributed by atoms with van der Waals surface area (Å²) in [5.74, 6) is 0.301. The van der Waals surface area contributed by atoms with Crippen LogP contribution in [0.3, 0.4) is 0 Å². The molecule has 2 amide bonds. The fraction of sp³-hybridized carbons (Fsp3) is 0.857. The molecule has 1 aliphatic carbocycles. The third kappa shape index (κ3) is 10.8. The third-order valence-corrected chi connectivity index (χ3v) is 4.93. The minimum absolute atomic E-state index is 0. The molecule has 166 valence electrons. The molecule has 0 saturated heterocycles. The highest BCUT2D eigenvalue weighted by atomic mass is 16.5. The molecule has 1 aliphatic rings. The molecule has 0 unspecified atom stereocenters. The minimum Gasteiger partial charge on any atom is -0.379 e. The Morgan fingerprint density at radius 1 is 0.964 bits per heavy atom. The van der Waals surface area contributed by atoms with Crippen molar-refractivity contribution < 1.29 is 26.7 Å². The number of ketones is 1. The molecule has 28 heavy (non-hydrogen) atoms. The van der Waals surface area contributed by atoms with Crippen LogP contribution in [0.5, 0.6) is 0 Å². The minimum atomic E-state index is -0.0000508. The topological polar surface area (TPSA) is 93.7 Å². The Labute approximate surface area is 172 Å². The summed E-state index contributed by atoms with van der Waals surface area (Å²) in [7, 11) is 0. The third-order valence-electron chi connectivity index (χ3n) is 4.93. The molecule has 0 bridgehead atoms. The highest BCUT2D eigenvalue weighted by molar-refractivity contribution is 5.80. The summed E-state index contributed by atoms with van der Waals surface area (Å²) < 4.78 is 10.8. The SMILES string of the molecule is CC(C)OCCC(=O)NC1CCC(C(=O)NCCOCCC(=O)C(C)C)CC1.[HH].[HH]. The first-order valence-electron chi connectivity index (χ1n) is 10.6. The summed E-state index contributed by atoms with van der Waals surface area (Å²) in [6.45, 7) is 9.37. The number of Topliss-reactive ketones (excluding diaryl/α,β-unsaturated/α-hetero) is 1. The van der Waals surface area contributed by atoms with Gasteiger partial charge in [0, 0.05) is 40.1 Å². The summed E-state index contributed by atoms with van der Waals surface area (Å²) in [5.41, 5.74) is 0. The van der Waals surface area contributed by atoms with Gasteiger partial charge in [-0.3, -0.25) is 14.4 Å². The van der Waals surface area contributed by atoms with Crippen molar-refractivity contribution in [1.29, 1.82) is 0 Å². The zero-order valence-electron chi connectivity index (χ0n) is 17.9. The summed E-state index contributed by atoms with van der Waals surface area (Å²) in [4.78, 5) is 35.6. The van der Waals surface area contributed by atoms with Crippen LogP contribution < -0.4 is 10.6 Å². The number of carbonyl (C=O) groups excluding carboxylic acids is 3. The van der Waals surface area contributed by atoms with Gasteiger partial charge < -0.3 is 20.1 Å². The molecule has 0 aliphatic heterocycles. The average Bonchev–Trinajstić information content (AvgIpc) is 2.64. The van der Waals surface area contributed by atoms with Crippen molar-refractivity contribution in [2.24, 2.45) is 11.8 Å². The summed E-state index contributed by atoms with van der Waals surface area (Å²) in [5, 5.41) is 5.94. The molecule has 0 aromatic carbocycles. The van der Waals surface area contributed by atoms with Crippen molar-refractivity contribution in [2.45, 2.75) is 78.4 Å². The van der Waals surface area contributed by atoms with Crippen molar-refractivity contribution in [3.05, 3.63) is 0 Å². The van der Waals surface area contributed by atoms with Gasteiger partial charge in [-0.2, -0.15) is 0 Å². The summed E-state index contributed by atoms with van der Waals surface area (Å²) >= 11 is 0. The van der Waals surface area contributed by atoms with Gasteiger partial charge in [-0.25, -0.2) is 0 Å². The van der Waals surface area contributed by atoms with Crippen LogP contribution >= 0.6 is 0 Å². The van der Waals surface area contributed by atoms with E-state index >= 15 is 0 Å². The van der Waals surface area contributed by atoms with Gasteiger partial charge in [0.25, 0.3) is 0 Å². The number of hydrogen-bond acceptors (Lipinski definition) is 5. The Bertz CT molecular complexity index is 496. The molecule has 0 atom stereocenters. The maximum absolute atomic E-state index is 12.2. The second-order valence-electron chi connectivity index (χ2n) is 8.06. The number of rotatable bonds is 13. The van der Waals surface area contributed by atoms with E-state index in [2.05, 4.69) is 10.6 Å². The molecule has 1 rings (SSSR count). The van der Waals surface area contributed by atoms with Crippen molar-refractivity contribution in [3.8, 4) is 0 Å². The molecule has 0 aromatic rings. The zero-order valence-corrected chi connectivity index (χ0v) is 17.9. The Morgan fingerprint density at radius 2 is 1.64 bits per heavy atom. The van der Waals surface area contributed by atoms with E-state index in [1.807, 2.05) is 27.7 Å². The summed E-state index contributed by atoms with van der Waals surface area (Å²) in [6, 6.07) is 0.150. The molecule has 0 heterocycles. The van der Waals surface area contributed by atoms with Crippen LogP contribution in [-0.4, -0.2) is 56.1 Å². The number of amides is 2.